The summed E-state index contributed by atoms with van der Waals surface area (Å²) in [6.45, 7) is 0. The fourth-order valence-electron chi connectivity index (χ4n) is 2.63. The molecule has 1 amide bonds. The second kappa shape index (κ2) is 5.60. The van der Waals surface area contributed by atoms with Gasteiger partial charge in [-0.05, 0) is 41.3 Å². The molecule has 0 aromatic heterocycles. The first-order valence-corrected chi connectivity index (χ1v) is 7.74. The Bertz CT molecular complexity index is 684. The normalized spacial score (nSPS) is 15.2. The smallest absolute Gasteiger partial charge is 0.231 e. The molecule has 108 valence electrons. The fraction of sp³-hybridized carbons (Fsp3) is 0.235. The number of amides is 1. The van der Waals surface area contributed by atoms with Gasteiger partial charge in [-0.25, -0.2) is 4.39 Å². The van der Waals surface area contributed by atoms with Crippen molar-refractivity contribution in [1.29, 1.82) is 0 Å². The third kappa shape index (κ3) is 2.86. The van der Waals surface area contributed by atoms with E-state index >= 15 is 0 Å². The second-order valence-corrected chi connectivity index (χ2v) is 6.42. The number of benzene rings is 2. The monoisotopic (exact) mass is 347 g/mol. The van der Waals surface area contributed by atoms with Crippen LogP contribution < -0.4 is 4.90 Å². The number of anilines is 1. The molecule has 2 aromatic carbocycles. The minimum Gasteiger partial charge on any atom is -0.315 e. The van der Waals surface area contributed by atoms with Gasteiger partial charge < -0.3 is 4.90 Å². The van der Waals surface area contributed by atoms with Crippen molar-refractivity contribution in [3.63, 3.8) is 0 Å². The summed E-state index contributed by atoms with van der Waals surface area (Å²) in [5.74, 6) is -0.0873. The highest BCUT2D eigenvalue weighted by molar-refractivity contribution is 9.09. The maximum atomic E-state index is 12.9. The van der Waals surface area contributed by atoms with Crippen LogP contribution in [0.25, 0.3) is 0 Å². The van der Waals surface area contributed by atoms with Crippen LogP contribution in [0.3, 0.4) is 0 Å². The molecule has 21 heavy (non-hydrogen) atoms. The Morgan fingerprint density at radius 2 is 1.95 bits per heavy atom. The van der Waals surface area contributed by atoms with Crippen LogP contribution in [0, 0.1) is 5.82 Å². The molecule has 1 heterocycles. The molecule has 1 aliphatic rings. The van der Waals surface area contributed by atoms with E-state index in [1.54, 1.807) is 24.1 Å². The zero-order valence-corrected chi connectivity index (χ0v) is 13.2. The zero-order valence-electron chi connectivity index (χ0n) is 11.6. The number of halogens is 2. The van der Waals surface area contributed by atoms with E-state index in [1.165, 1.54) is 12.1 Å². The lowest BCUT2D eigenvalue weighted by atomic mass is 10.0. The van der Waals surface area contributed by atoms with Crippen LogP contribution in [0.15, 0.2) is 42.5 Å². The summed E-state index contributed by atoms with van der Waals surface area (Å²) in [4.78, 5) is 13.6. The third-order valence-corrected chi connectivity index (χ3v) is 4.72. The van der Waals surface area contributed by atoms with Crippen LogP contribution in [0.1, 0.15) is 21.5 Å². The van der Waals surface area contributed by atoms with Gasteiger partial charge >= 0.3 is 0 Å². The van der Waals surface area contributed by atoms with Gasteiger partial charge in [-0.15, -0.1) is 0 Å². The predicted molar refractivity (Wildman–Crippen MR) is 85.3 cm³/mol. The minimum atomic E-state index is -0.219. The van der Waals surface area contributed by atoms with E-state index < -0.39 is 0 Å². The van der Waals surface area contributed by atoms with Gasteiger partial charge in [0.1, 0.15) is 5.82 Å². The molecule has 0 saturated heterocycles. The predicted octanol–water partition coefficient (Wildman–Crippen LogP) is 4.02. The van der Waals surface area contributed by atoms with E-state index in [0.717, 1.165) is 28.8 Å². The number of carbonyl (C=O) groups excluding carboxylic acids is 1. The summed E-state index contributed by atoms with van der Waals surface area (Å²) >= 11 is 3.69. The van der Waals surface area contributed by atoms with Crippen LogP contribution >= 0.6 is 15.9 Å². The quantitative estimate of drug-likeness (QED) is 0.767. The topological polar surface area (TPSA) is 20.3 Å². The van der Waals surface area contributed by atoms with Crippen LogP contribution in [-0.2, 0) is 17.6 Å². The van der Waals surface area contributed by atoms with Gasteiger partial charge in [-0.1, -0.05) is 40.2 Å². The second-order valence-electron chi connectivity index (χ2n) is 5.32. The van der Waals surface area contributed by atoms with Crippen molar-refractivity contribution in [1.82, 2.24) is 0 Å². The van der Waals surface area contributed by atoms with Crippen molar-refractivity contribution in [2.24, 2.45) is 0 Å². The number of fused-ring (bicyclic) bond motifs is 1. The van der Waals surface area contributed by atoms with Crippen molar-refractivity contribution in [2.75, 3.05) is 11.9 Å². The molecule has 2 aromatic rings. The molecule has 2 nitrogen and oxygen atoms in total. The summed E-state index contributed by atoms with van der Waals surface area (Å²) < 4.78 is 12.9. The Kier molecular flexibility index (Phi) is 3.81. The Hall–Kier alpha value is -1.68. The molecule has 1 atom stereocenters. The van der Waals surface area contributed by atoms with E-state index in [4.69, 9.17) is 0 Å². The summed E-state index contributed by atoms with van der Waals surface area (Å²) in [6.07, 6.45) is 1.25. The van der Waals surface area contributed by atoms with E-state index in [2.05, 4.69) is 22.0 Å². The molecule has 0 saturated carbocycles. The molecular weight excluding hydrogens is 333 g/mol. The van der Waals surface area contributed by atoms with Crippen LogP contribution in [-0.4, -0.2) is 13.0 Å². The SMILES string of the molecule is CN1C(=O)Cc2cc(C(Br)Cc3ccc(F)cc3)ccc21. The van der Waals surface area contributed by atoms with Gasteiger partial charge in [0.05, 0.1) is 6.42 Å². The van der Waals surface area contributed by atoms with Crippen molar-refractivity contribution in [3.05, 3.63) is 65.0 Å². The molecule has 4 heteroatoms. The van der Waals surface area contributed by atoms with Gasteiger partial charge in [0, 0.05) is 17.6 Å². The van der Waals surface area contributed by atoms with Gasteiger partial charge in [-0.2, -0.15) is 0 Å². The largest absolute Gasteiger partial charge is 0.315 e. The average Bonchev–Trinajstić information content (AvgIpc) is 2.76. The number of nitrogens with zero attached hydrogens (tertiary/aromatic N) is 1. The lowest BCUT2D eigenvalue weighted by molar-refractivity contribution is -0.117. The summed E-state index contributed by atoms with van der Waals surface area (Å²) in [7, 11) is 1.80. The first-order valence-electron chi connectivity index (χ1n) is 6.82. The summed E-state index contributed by atoms with van der Waals surface area (Å²) in [5, 5.41) is 0. The lowest BCUT2D eigenvalue weighted by Gasteiger charge is -2.14. The number of rotatable bonds is 3. The van der Waals surface area contributed by atoms with E-state index in [1.807, 2.05) is 12.1 Å². The van der Waals surface area contributed by atoms with Gasteiger partial charge in [-0.3, -0.25) is 4.79 Å². The number of carbonyl (C=O) groups is 1. The number of hydrogen-bond acceptors (Lipinski definition) is 1. The van der Waals surface area contributed by atoms with Crippen molar-refractivity contribution in [2.45, 2.75) is 17.7 Å². The fourth-order valence-corrected chi connectivity index (χ4v) is 3.29. The molecule has 0 spiro atoms. The standard InChI is InChI=1S/C17H15BrFNO/c1-20-16-7-4-12(9-13(16)10-17(20)21)15(18)8-11-2-5-14(19)6-3-11/h2-7,9,15H,8,10H2,1H3. The molecule has 3 rings (SSSR count). The average molecular weight is 348 g/mol. The van der Waals surface area contributed by atoms with Crippen molar-refractivity contribution >= 4 is 27.5 Å². The van der Waals surface area contributed by atoms with Crippen LogP contribution in [0.2, 0.25) is 0 Å². The summed E-state index contributed by atoms with van der Waals surface area (Å²) in [5.41, 5.74) is 4.28. The number of alkyl halides is 1. The highest BCUT2D eigenvalue weighted by Crippen LogP contribution is 2.34. The number of hydrogen-bond donors (Lipinski definition) is 0. The first kappa shape index (κ1) is 14.3. The summed E-state index contributed by atoms with van der Waals surface area (Å²) in [6, 6.07) is 12.7. The highest BCUT2D eigenvalue weighted by Gasteiger charge is 2.24. The third-order valence-electron chi connectivity index (χ3n) is 3.87. The molecular formula is C17H15BrFNO. The van der Waals surface area contributed by atoms with Gasteiger partial charge in [0.2, 0.25) is 5.91 Å². The van der Waals surface area contributed by atoms with E-state index in [9.17, 15) is 9.18 Å². The first-order chi connectivity index (χ1) is 10.0. The van der Waals surface area contributed by atoms with Crippen molar-refractivity contribution < 1.29 is 9.18 Å². The lowest BCUT2D eigenvalue weighted by Crippen LogP contribution is -2.20. The maximum absolute atomic E-state index is 12.9. The van der Waals surface area contributed by atoms with Crippen LogP contribution in [0.4, 0.5) is 10.1 Å². The Labute approximate surface area is 131 Å². The molecule has 0 N–H and O–H groups in total. The Morgan fingerprint density at radius 1 is 1.24 bits per heavy atom. The molecule has 0 radical (unpaired) electrons. The Balaban J connectivity index is 1.80. The molecule has 1 unspecified atom stereocenters. The van der Waals surface area contributed by atoms with E-state index in [-0.39, 0.29) is 16.6 Å². The van der Waals surface area contributed by atoms with E-state index in [0.29, 0.717) is 6.42 Å². The molecule has 0 bridgehead atoms. The van der Waals surface area contributed by atoms with Gasteiger partial charge in [0.25, 0.3) is 0 Å². The maximum Gasteiger partial charge on any atom is 0.231 e. The highest BCUT2D eigenvalue weighted by atomic mass is 79.9. The molecule has 1 aliphatic heterocycles. The molecule has 0 aliphatic carbocycles. The van der Waals surface area contributed by atoms with Gasteiger partial charge in [0.15, 0.2) is 0 Å². The Morgan fingerprint density at radius 3 is 2.67 bits per heavy atom. The minimum absolute atomic E-state index is 0.131. The van der Waals surface area contributed by atoms with Crippen LogP contribution in [0.5, 0.6) is 0 Å². The molecule has 0 fully saturated rings. The zero-order chi connectivity index (χ0) is 15.0. The number of likely N-dealkylation sites (N-methyl/N-ethyl adjacent to an activating group) is 1. The van der Waals surface area contributed by atoms with Crippen molar-refractivity contribution in [3.8, 4) is 0 Å².